The normalized spacial score (nSPS) is 12.3. The Morgan fingerprint density at radius 3 is 2.42 bits per heavy atom. The third-order valence-electron chi connectivity index (χ3n) is 3.82. The molecule has 0 saturated carbocycles. The molecule has 0 aliphatic heterocycles. The maximum atomic E-state index is 12.5. The van der Waals surface area contributed by atoms with Crippen LogP contribution in [0.25, 0.3) is 0 Å². The number of halogens is 1. The summed E-state index contributed by atoms with van der Waals surface area (Å²) in [7, 11) is -2.30. The van der Waals surface area contributed by atoms with Gasteiger partial charge < -0.3 is 10.1 Å². The molecule has 2 rings (SSSR count). The van der Waals surface area contributed by atoms with E-state index in [2.05, 4.69) is 10.0 Å². The summed E-state index contributed by atoms with van der Waals surface area (Å²) in [4.78, 5) is 12.4. The van der Waals surface area contributed by atoms with E-state index in [1.165, 1.54) is 37.4 Å². The van der Waals surface area contributed by atoms with E-state index in [1.54, 1.807) is 12.1 Å². The summed E-state index contributed by atoms with van der Waals surface area (Å²) in [5.74, 6) is 0.203. The van der Waals surface area contributed by atoms with Crippen LogP contribution in [0.1, 0.15) is 30.6 Å². The second kappa shape index (κ2) is 8.42. The molecule has 1 atom stereocenters. The molecule has 6 nitrogen and oxygen atoms in total. The van der Waals surface area contributed by atoms with Gasteiger partial charge in [0.1, 0.15) is 5.75 Å². The lowest BCUT2D eigenvalue weighted by Crippen LogP contribution is -2.32. The summed E-state index contributed by atoms with van der Waals surface area (Å²) >= 11 is 6.09. The van der Waals surface area contributed by atoms with Crippen LogP contribution < -0.4 is 14.8 Å². The van der Waals surface area contributed by atoms with Gasteiger partial charge in [0, 0.05) is 11.7 Å². The van der Waals surface area contributed by atoms with Gasteiger partial charge in [0.2, 0.25) is 0 Å². The van der Waals surface area contributed by atoms with E-state index < -0.39 is 10.0 Å². The number of hydrogen-bond acceptors (Lipinski definition) is 4. The molecule has 0 aromatic heterocycles. The average molecular weight is 397 g/mol. The number of ether oxygens (including phenoxy) is 1. The lowest BCUT2D eigenvalue weighted by Gasteiger charge is -2.14. The van der Waals surface area contributed by atoms with Gasteiger partial charge >= 0.3 is 0 Å². The van der Waals surface area contributed by atoms with Crippen LogP contribution in [0.2, 0.25) is 5.02 Å². The molecule has 0 saturated heterocycles. The first-order chi connectivity index (χ1) is 12.3. The average Bonchev–Trinajstić information content (AvgIpc) is 2.62. The first kappa shape index (κ1) is 20.1. The van der Waals surface area contributed by atoms with Gasteiger partial charge in [-0.2, -0.15) is 0 Å². The van der Waals surface area contributed by atoms with Crippen LogP contribution in [0.5, 0.6) is 5.75 Å². The quantitative estimate of drug-likeness (QED) is 0.747. The number of rotatable bonds is 7. The Balaban J connectivity index is 2.25. The number of carbonyl (C=O) groups is 1. The molecular weight excluding hydrogens is 376 g/mol. The van der Waals surface area contributed by atoms with E-state index >= 15 is 0 Å². The fourth-order valence-electron chi connectivity index (χ4n) is 2.14. The molecule has 1 amide bonds. The van der Waals surface area contributed by atoms with E-state index in [-0.39, 0.29) is 33.1 Å². The van der Waals surface area contributed by atoms with Crippen molar-refractivity contribution in [3.05, 3.63) is 53.1 Å². The van der Waals surface area contributed by atoms with Crippen LogP contribution in [0, 0.1) is 0 Å². The van der Waals surface area contributed by atoms with Gasteiger partial charge in [0.05, 0.1) is 22.6 Å². The zero-order chi connectivity index (χ0) is 19.3. The Bertz CT molecular complexity index is 883. The second-order valence-electron chi connectivity index (χ2n) is 5.76. The Hall–Kier alpha value is -2.25. The van der Waals surface area contributed by atoms with E-state index in [0.29, 0.717) is 5.75 Å². The molecule has 0 radical (unpaired) electrons. The fraction of sp³-hybridized carbons (Fsp3) is 0.278. The molecular formula is C18H21ClN2O4S. The maximum absolute atomic E-state index is 12.5. The van der Waals surface area contributed by atoms with Crippen molar-refractivity contribution in [3.63, 3.8) is 0 Å². The topological polar surface area (TPSA) is 84.5 Å². The number of benzene rings is 2. The van der Waals surface area contributed by atoms with Gasteiger partial charge in [0.15, 0.2) is 0 Å². The Morgan fingerprint density at radius 1 is 1.19 bits per heavy atom. The third-order valence-corrected chi connectivity index (χ3v) is 5.55. The van der Waals surface area contributed by atoms with Crippen molar-refractivity contribution in [2.45, 2.75) is 31.2 Å². The minimum Gasteiger partial charge on any atom is -0.497 e. The highest BCUT2D eigenvalue weighted by Gasteiger charge is 2.17. The molecule has 8 heteroatoms. The van der Waals surface area contributed by atoms with Crippen molar-refractivity contribution in [3.8, 4) is 5.75 Å². The SMILES string of the molecule is CC[C@H](C)NC(=O)c1cc(NS(=O)(=O)c2ccc(OC)cc2)ccc1Cl. The van der Waals surface area contributed by atoms with Gasteiger partial charge in [-0.1, -0.05) is 18.5 Å². The molecule has 26 heavy (non-hydrogen) atoms. The van der Waals surface area contributed by atoms with Gasteiger partial charge in [-0.15, -0.1) is 0 Å². The smallest absolute Gasteiger partial charge is 0.261 e. The fourth-order valence-corrected chi connectivity index (χ4v) is 3.39. The highest BCUT2D eigenvalue weighted by molar-refractivity contribution is 7.92. The summed E-state index contributed by atoms with van der Waals surface area (Å²) in [6.45, 7) is 3.83. The van der Waals surface area contributed by atoms with Crippen LogP contribution in [0.15, 0.2) is 47.4 Å². The number of hydrogen-bond donors (Lipinski definition) is 2. The predicted octanol–water partition coefficient (Wildman–Crippen LogP) is 3.68. The van der Waals surface area contributed by atoms with Crippen LogP contribution in [0.3, 0.4) is 0 Å². The van der Waals surface area contributed by atoms with E-state index in [0.717, 1.165) is 6.42 Å². The molecule has 0 fully saturated rings. The summed E-state index contributed by atoms with van der Waals surface area (Å²) < 4.78 is 32.5. The molecule has 2 aromatic carbocycles. The van der Waals surface area contributed by atoms with Crippen molar-refractivity contribution >= 4 is 33.2 Å². The van der Waals surface area contributed by atoms with Crippen LogP contribution in [-0.2, 0) is 10.0 Å². The van der Waals surface area contributed by atoms with Crippen molar-refractivity contribution in [1.29, 1.82) is 0 Å². The molecule has 140 valence electrons. The summed E-state index contributed by atoms with van der Waals surface area (Å²) in [5, 5.41) is 3.05. The van der Waals surface area contributed by atoms with Crippen molar-refractivity contribution in [1.82, 2.24) is 5.32 Å². The minimum absolute atomic E-state index is 0.0155. The number of amides is 1. The number of nitrogens with one attached hydrogen (secondary N) is 2. The van der Waals surface area contributed by atoms with E-state index in [4.69, 9.17) is 16.3 Å². The van der Waals surface area contributed by atoms with E-state index in [9.17, 15) is 13.2 Å². The molecule has 0 heterocycles. The van der Waals surface area contributed by atoms with Crippen molar-refractivity contribution in [2.75, 3.05) is 11.8 Å². The molecule has 0 bridgehead atoms. The zero-order valence-corrected chi connectivity index (χ0v) is 16.3. The lowest BCUT2D eigenvalue weighted by atomic mass is 10.1. The predicted molar refractivity (Wildman–Crippen MR) is 102 cm³/mol. The zero-order valence-electron chi connectivity index (χ0n) is 14.7. The molecule has 0 aliphatic rings. The second-order valence-corrected chi connectivity index (χ2v) is 7.85. The summed E-state index contributed by atoms with van der Waals surface area (Å²) in [6.07, 6.45) is 0.771. The third kappa shape index (κ3) is 4.89. The maximum Gasteiger partial charge on any atom is 0.261 e. The van der Waals surface area contributed by atoms with Gasteiger partial charge in [-0.25, -0.2) is 8.42 Å². The van der Waals surface area contributed by atoms with Crippen molar-refractivity contribution in [2.24, 2.45) is 0 Å². The lowest BCUT2D eigenvalue weighted by molar-refractivity contribution is 0.0939. The van der Waals surface area contributed by atoms with Gasteiger partial charge in [-0.05, 0) is 55.8 Å². The number of anilines is 1. The molecule has 0 aliphatic carbocycles. The van der Waals surface area contributed by atoms with Gasteiger partial charge in [0.25, 0.3) is 15.9 Å². The van der Waals surface area contributed by atoms with Gasteiger partial charge in [-0.3, -0.25) is 9.52 Å². The number of sulfonamides is 1. The first-order valence-corrected chi connectivity index (χ1v) is 9.90. The molecule has 0 spiro atoms. The monoisotopic (exact) mass is 396 g/mol. The molecule has 2 aromatic rings. The highest BCUT2D eigenvalue weighted by Crippen LogP contribution is 2.24. The first-order valence-electron chi connectivity index (χ1n) is 8.04. The largest absolute Gasteiger partial charge is 0.497 e. The molecule has 2 N–H and O–H groups in total. The van der Waals surface area contributed by atoms with E-state index in [1.807, 2.05) is 13.8 Å². The standard InChI is InChI=1S/C18H21ClN2O4S/c1-4-12(2)20-18(22)16-11-13(5-10-17(16)19)21-26(23,24)15-8-6-14(25-3)7-9-15/h5-12,21H,4H2,1-3H3,(H,20,22)/t12-/m0/s1. The Labute approximate surface area is 158 Å². The molecule has 0 unspecified atom stereocenters. The Kier molecular flexibility index (Phi) is 6.50. The van der Waals surface area contributed by atoms with Crippen LogP contribution in [-0.4, -0.2) is 27.5 Å². The van der Waals surface area contributed by atoms with Crippen LogP contribution in [0.4, 0.5) is 5.69 Å². The van der Waals surface area contributed by atoms with Crippen LogP contribution >= 0.6 is 11.6 Å². The summed E-state index contributed by atoms with van der Waals surface area (Å²) in [6, 6.07) is 10.4. The minimum atomic E-state index is -3.80. The number of methoxy groups -OCH3 is 1. The number of carbonyl (C=O) groups excluding carboxylic acids is 1. The van der Waals surface area contributed by atoms with Crippen molar-refractivity contribution < 1.29 is 17.9 Å². The summed E-state index contributed by atoms with van der Waals surface area (Å²) in [5.41, 5.74) is 0.460. The Morgan fingerprint density at radius 2 is 1.85 bits per heavy atom. The highest BCUT2D eigenvalue weighted by atomic mass is 35.5.